The zero-order chi connectivity index (χ0) is 23.4. The number of thiazole rings is 1. The molecule has 3 heterocycles. The number of carbonyl (C=O) groups is 1. The van der Waals surface area contributed by atoms with Crippen LogP contribution in [0.5, 0.6) is 0 Å². The van der Waals surface area contributed by atoms with E-state index in [4.69, 9.17) is 28.2 Å². The first-order valence-corrected chi connectivity index (χ1v) is 12.8. The highest BCUT2D eigenvalue weighted by atomic mass is 35.5. The van der Waals surface area contributed by atoms with E-state index in [1.165, 1.54) is 5.69 Å². The summed E-state index contributed by atoms with van der Waals surface area (Å²) < 4.78 is 0. The summed E-state index contributed by atoms with van der Waals surface area (Å²) in [6.07, 6.45) is 1.78. The molecule has 0 unspecified atom stereocenters. The molecule has 2 aromatic heterocycles. The van der Waals surface area contributed by atoms with Crippen molar-refractivity contribution in [1.29, 1.82) is 0 Å². The summed E-state index contributed by atoms with van der Waals surface area (Å²) in [5.74, 6) is 0.368. The Morgan fingerprint density at radius 2 is 1.73 bits per heavy atom. The number of nitrogens with one attached hydrogen (secondary N) is 1. The molecule has 0 radical (unpaired) electrons. The van der Waals surface area contributed by atoms with E-state index >= 15 is 0 Å². The monoisotopic (exact) mass is 503 g/mol. The maximum atomic E-state index is 12.6. The van der Waals surface area contributed by atoms with Gasteiger partial charge in [-0.3, -0.25) is 0 Å². The number of aromatic nitrogens is 2. The topological polar surface area (TPSA) is 61.4 Å². The van der Waals surface area contributed by atoms with Crippen LogP contribution in [0.25, 0.3) is 11.3 Å². The van der Waals surface area contributed by atoms with Gasteiger partial charge in [0.15, 0.2) is 0 Å². The Morgan fingerprint density at radius 3 is 2.33 bits per heavy atom. The summed E-state index contributed by atoms with van der Waals surface area (Å²) in [5, 5.41) is 6.63. The first-order chi connectivity index (χ1) is 16.0. The van der Waals surface area contributed by atoms with Gasteiger partial charge in [0.1, 0.15) is 10.3 Å². The molecular formula is C24H27Cl2N5OS. The van der Waals surface area contributed by atoms with Crippen molar-refractivity contribution in [3.63, 3.8) is 0 Å². The van der Waals surface area contributed by atoms with Crippen LogP contribution in [0.15, 0.2) is 41.8 Å². The van der Waals surface area contributed by atoms with Crippen LogP contribution in [-0.2, 0) is 0 Å². The van der Waals surface area contributed by atoms with E-state index in [0.717, 1.165) is 42.2 Å². The van der Waals surface area contributed by atoms with Crippen LogP contribution >= 0.6 is 34.5 Å². The van der Waals surface area contributed by atoms with E-state index < -0.39 is 0 Å². The number of anilines is 2. The van der Waals surface area contributed by atoms with E-state index in [-0.39, 0.29) is 16.3 Å². The number of nitrogens with zero attached hydrogens (tertiary/aromatic N) is 4. The van der Waals surface area contributed by atoms with Crippen molar-refractivity contribution in [2.75, 3.05) is 36.4 Å². The van der Waals surface area contributed by atoms with Gasteiger partial charge < -0.3 is 15.1 Å². The summed E-state index contributed by atoms with van der Waals surface area (Å²) in [6, 6.07) is 11.7. The first kappa shape index (κ1) is 23.8. The average Bonchev–Trinajstić information content (AvgIpc) is 3.30. The van der Waals surface area contributed by atoms with Crippen LogP contribution in [0.2, 0.25) is 10.3 Å². The number of likely N-dealkylation sites (tertiary alicyclic amines) is 1. The number of carbonyl (C=O) groups excluding carboxylic acids is 1. The Morgan fingerprint density at radius 1 is 1.09 bits per heavy atom. The van der Waals surface area contributed by atoms with Gasteiger partial charge in [-0.05, 0) is 51.0 Å². The van der Waals surface area contributed by atoms with Crippen molar-refractivity contribution >= 4 is 51.9 Å². The molecule has 9 heteroatoms. The molecule has 1 aliphatic rings. The van der Waals surface area contributed by atoms with Crippen molar-refractivity contribution in [2.24, 2.45) is 0 Å². The summed E-state index contributed by atoms with van der Waals surface area (Å²) in [5.41, 5.74) is 3.94. The van der Waals surface area contributed by atoms with Crippen molar-refractivity contribution in [2.45, 2.75) is 32.6 Å². The minimum absolute atomic E-state index is 0.153. The average molecular weight is 504 g/mol. The highest BCUT2D eigenvalue weighted by Gasteiger charge is 2.26. The number of hydrogen-bond acceptors (Lipinski definition) is 5. The van der Waals surface area contributed by atoms with Gasteiger partial charge in [0.25, 0.3) is 0 Å². The van der Waals surface area contributed by atoms with E-state index in [0.29, 0.717) is 24.7 Å². The molecule has 33 heavy (non-hydrogen) atoms. The van der Waals surface area contributed by atoms with E-state index in [9.17, 15) is 4.79 Å². The minimum atomic E-state index is -0.153. The van der Waals surface area contributed by atoms with Gasteiger partial charge in [-0.25, -0.2) is 14.8 Å². The largest absolute Gasteiger partial charge is 0.372 e. The molecule has 1 N–H and O–H groups in total. The summed E-state index contributed by atoms with van der Waals surface area (Å²) in [7, 11) is 0. The Kier molecular flexibility index (Phi) is 7.73. The molecular weight excluding hydrogens is 477 g/mol. The Hall–Kier alpha value is -2.35. The van der Waals surface area contributed by atoms with Gasteiger partial charge in [0.05, 0.1) is 10.7 Å². The summed E-state index contributed by atoms with van der Waals surface area (Å²) >= 11 is 13.5. The molecule has 4 rings (SSSR count). The maximum Gasteiger partial charge on any atom is 0.321 e. The number of pyridine rings is 1. The normalized spacial score (nSPS) is 14.4. The van der Waals surface area contributed by atoms with Gasteiger partial charge in [0, 0.05) is 54.4 Å². The zero-order valence-electron chi connectivity index (χ0n) is 18.7. The highest BCUT2D eigenvalue weighted by Crippen LogP contribution is 2.33. The fraction of sp³-hybridized carbons (Fsp3) is 0.375. The molecule has 1 saturated heterocycles. The molecule has 0 atom stereocenters. The predicted molar refractivity (Wildman–Crippen MR) is 138 cm³/mol. The second kappa shape index (κ2) is 10.7. The standard InChI is InChI=1S/C24H27Cl2N5OS/c1-3-30(4-2)19-7-5-16(6-8-19)20-15-33-23(28-20)17-9-11-31(12-10-17)24(32)27-18-13-21(25)29-22(26)14-18/h5-8,13-15,17H,3-4,9-12H2,1-2H3,(H,27,29,32). The van der Waals surface area contributed by atoms with Gasteiger partial charge in [0.2, 0.25) is 0 Å². The lowest BCUT2D eigenvalue weighted by Crippen LogP contribution is -2.40. The fourth-order valence-corrected chi connectivity index (χ4v) is 5.57. The maximum absolute atomic E-state index is 12.6. The van der Waals surface area contributed by atoms with Crippen LogP contribution in [-0.4, -0.2) is 47.1 Å². The second-order valence-corrected chi connectivity index (χ2v) is 9.65. The zero-order valence-corrected chi connectivity index (χ0v) is 21.1. The summed E-state index contributed by atoms with van der Waals surface area (Å²) in [6.45, 7) is 7.69. The van der Waals surface area contributed by atoms with Crippen molar-refractivity contribution in [3.8, 4) is 11.3 Å². The lowest BCUT2D eigenvalue weighted by molar-refractivity contribution is 0.194. The molecule has 1 aliphatic heterocycles. The molecule has 0 saturated carbocycles. The summed E-state index contributed by atoms with van der Waals surface area (Å²) in [4.78, 5) is 25.6. The number of amides is 2. The van der Waals surface area contributed by atoms with E-state index in [1.54, 1.807) is 23.5 Å². The first-order valence-electron chi connectivity index (χ1n) is 11.2. The van der Waals surface area contributed by atoms with Gasteiger partial charge in [-0.15, -0.1) is 11.3 Å². The third-order valence-corrected chi connectivity index (χ3v) is 7.35. The molecule has 174 valence electrons. The quantitative estimate of drug-likeness (QED) is 0.377. The van der Waals surface area contributed by atoms with Gasteiger partial charge >= 0.3 is 6.03 Å². The Labute approximate surface area is 208 Å². The van der Waals surface area contributed by atoms with Crippen LogP contribution in [0.1, 0.15) is 37.6 Å². The third-order valence-electron chi connectivity index (χ3n) is 5.96. The molecule has 1 aromatic carbocycles. The number of halogens is 2. The fourth-order valence-electron chi connectivity index (χ4n) is 4.11. The molecule has 6 nitrogen and oxygen atoms in total. The molecule has 2 amide bonds. The van der Waals surface area contributed by atoms with Crippen molar-refractivity contribution < 1.29 is 4.79 Å². The van der Waals surface area contributed by atoms with Gasteiger partial charge in [-0.2, -0.15) is 0 Å². The van der Waals surface area contributed by atoms with Crippen LogP contribution in [0.4, 0.5) is 16.2 Å². The van der Waals surface area contributed by atoms with Crippen LogP contribution in [0.3, 0.4) is 0 Å². The second-order valence-electron chi connectivity index (χ2n) is 7.98. The van der Waals surface area contributed by atoms with Crippen molar-refractivity contribution in [3.05, 3.63) is 57.1 Å². The molecule has 0 bridgehead atoms. The molecule has 0 spiro atoms. The van der Waals surface area contributed by atoms with Gasteiger partial charge in [-0.1, -0.05) is 35.3 Å². The number of rotatable bonds is 6. The van der Waals surface area contributed by atoms with E-state index in [2.05, 4.69) is 58.7 Å². The minimum Gasteiger partial charge on any atom is -0.372 e. The lowest BCUT2D eigenvalue weighted by atomic mass is 9.98. The van der Waals surface area contributed by atoms with Crippen molar-refractivity contribution in [1.82, 2.24) is 14.9 Å². The van der Waals surface area contributed by atoms with Crippen LogP contribution in [0, 0.1) is 0 Å². The third kappa shape index (κ3) is 5.78. The number of benzene rings is 1. The Balaban J connectivity index is 1.34. The number of urea groups is 1. The lowest BCUT2D eigenvalue weighted by Gasteiger charge is -2.31. The molecule has 1 fully saturated rings. The smallest absolute Gasteiger partial charge is 0.321 e. The predicted octanol–water partition coefficient (Wildman–Crippen LogP) is 6.77. The molecule has 0 aliphatic carbocycles. The SMILES string of the molecule is CCN(CC)c1ccc(-c2csc(C3CCN(C(=O)Nc4cc(Cl)nc(Cl)c4)CC3)n2)cc1. The highest BCUT2D eigenvalue weighted by molar-refractivity contribution is 7.10. The number of piperidine rings is 1. The Bertz CT molecular complexity index is 1070. The number of hydrogen-bond donors (Lipinski definition) is 1. The van der Waals surface area contributed by atoms with Crippen LogP contribution < -0.4 is 10.2 Å². The molecule has 3 aromatic rings. The van der Waals surface area contributed by atoms with E-state index in [1.807, 2.05) is 4.90 Å².